The van der Waals surface area contributed by atoms with E-state index in [9.17, 15) is 14.7 Å². The lowest BCUT2D eigenvalue weighted by Gasteiger charge is -2.12. The van der Waals surface area contributed by atoms with Crippen molar-refractivity contribution in [1.29, 1.82) is 0 Å². The van der Waals surface area contributed by atoms with Gasteiger partial charge in [0.2, 0.25) is 0 Å². The Balaban J connectivity index is 2.79. The summed E-state index contributed by atoms with van der Waals surface area (Å²) in [7, 11) is 1.19. The average molecular weight is 288 g/mol. The molecule has 2 rings (SSSR count). The molecule has 0 heterocycles. The van der Waals surface area contributed by atoms with Crippen molar-refractivity contribution < 1.29 is 24.2 Å². The van der Waals surface area contributed by atoms with Crippen LogP contribution in [0.3, 0.4) is 0 Å². The Labute approximate surface area is 122 Å². The molecule has 2 aromatic rings. The lowest BCUT2D eigenvalue weighted by molar-refractivity contribution is 0.0502. The van der Waals surface area contributed by atoms with Crippen LogP contribution in [0.1, 0.15) is 33.2 Å². The van der Waals surface area contributed by atoms with Crippen LogP contribution in [-0.4, -0.2) is 30.8 Å². The topological polar surface area (TPSA) is 72.8 Å². The second-order valence-corrected chi connectivity index (χ2v) is 4.58. The van der Waals surface area contributed by atoms with Crippen LogP contribution in [0.4, 0.5) is 0 Å². The van der Waals surface area contributed by atoms with Crippen LogP contribution in [0.5, 0.6) is 5.75 Å². The first-order chi connectivity index (χ1) is 9.99. The first-order valence-corrected chi connectivity index (χ1v) is 6.51. The Bertz CT molecular complexity index is 718. The molecule has 0 aliphatic heterocycles. The molecule has 0 saturated carbocycles. The maximum Gasteiger partial charge on any atom is 0.342 e. The second-order valence-electron chi connectivity index (χ2n) is 4.58. The van der Waals surface area contributed by atoms with Gasteiger partial charge >= 0.3 is 11.9 Å². The third-order valence-corrected chi connectivity index (χ3v) is 3.15. The minimum absolute atomic E-state index is 0.000648. The number of esters is 2. The van der Waals surface area contributed by atoms with E-state index in [-0.39, 0.29) is 23.5 Å². The highest BCUT2D eigenvalue weighted by molar-refractivity contribution is 6.11. The van der Waals surface area contributed by atoms with E-state index >= 15 is 0 Å². The van der Waals surface area contributed by atoms with Crippen molar-refractivity contribution in [3.63, 3.8) is 0 Å². The summed E-state index contributed by atoms with van der Waals surface area (Å²) in [6.45, 7) is 3.74. The number of fused-ring (bicyclic) bond motifs is 1. The van der Waals surface area contributed by atoms with Gasteiger partial charge < -0.3 is 14.6 Å². The fourth-order valence-electron chi connectivity index (χ4n) is 2.19. The summed E-state index contributed by atoms with van der Waals surface area (Å²) in [5, 5.41) is 11.5. The highest BCUT2D eigenvalue weighted by Gasteiger charge is 2.25. The molecular formula is C16H16O5. The molecule has 0 aliphatic carbocycles. The molecule has 0 bridgehead atoms. The number of benzene rings is 2. The quantitative estimate of drug-likeness (QED) is 0.879. The van der Waals surface area contributed by atoms with Gasteiger partial charge in [-0.15, -0.1) is 0 Å². The third kappa shape index (κ3) is 2.67. The van der Waals surface area contributed by atoms with E-state index in [2.05, 4.69) is 4.74 Å². The minimum atomic E-state index is -0.780. The maximum atomic E-state index is 12.0. The number of ether oxygens (including phenoxy) is 2. The van der Waals surface area contributed by atoms with Crippen molar-refractivity contribution in [2.45, 2.75) is 13.8 Å². The predicted molar refractivity (Wildman–Crippen MR) is 77.6 cm³/mol. The number of rotatable bonds is 3. The van der Waals surface area contributed by atoms with Gasteiger partial charge in [-0.05, 0) is 25.3 Å². The Hall–Kier alpha value is -2.56. The van der Waals surface area contributed by atoms with Gasteiger partial charge in [-0.3, -0.25) is 0 Å². The summed E-state index contributed by atoms with van der Waals surface area (Å²) in [6.07, 6.45) is 0. The molecular weight excluding hydrogens is 272 g/mol. The molecule has 21 heavy (non-hydrogen) atoms. The molecule has 0 aliphatic rings. The standard InChI is InChI=1S/C16H16O5/c1-4-21-15(18)12-8-10-7-9(2)5-6-11(10)14(17)13(12)16(19)20-3/h5-8,17H,4H2,1-3H3. The van der Waals surface area contributed by atoms with Crippen LogP contribution >= 0.6 is 0 Å². The molecule has 0 atom stereocenters. The van der Waals surface area contributed by atoms with Crippen LogP contribution in [0.15, 0.2) is 24.3 Å². The first-order valence-electron chi connectivity index (χ1n) is 6.51. The molecule has 0 unspecified atom stereocenters. The van der Waals surface area contributed by atoms with Crippen LogP contribution in [0, 0.1) is 6.92 Å². The monoisotopic (exact) mass is 288 g/mol. The molecule has 0 radical (unpaired) electrons. The largest absolute Gasteiger partial charge is 0.506 e. The highest BCUT2D eigenvalue weighted by atomic mass is 16.5. The van der Waals surface area contributed by atoms with Gasteiger partial charge in [0.1, 0.15) is 11.3 Å². The average Bonchev–Trinajstić information content (AvgIpc) is 2.46. The summed E-state index contributed by atoms with van der Waals surface area (Å²) >= 11 is 0. The van der Waals surface area contributed by atoms with E-state index in [4.69, 9.17) is 4.74 Å². The summed E-state index contributed by atoms with van der Waals surface area (Å²) in [5.41, 5.74) is 0.800. The molecule has 5 heteroatoms. The Morgan fingerprint density at radius 3 is 2.52 bits per heavy atom. The van der Waals surface area contributed by atoms with Crippen LogP contribution in [-0.2, 0) is 9.47 Å². The summed E-state index contributed by atoms with van der Waals surface area (Å²) in [6, 6.07) is 6.86. The number of carbonyl (C=O) groups is 2. The molecule has 0 fully saturated rings. The van der Waals surface area contributed by atoms with Crippen molar-refractivity contribution in [1.82, 2.24) is 0 Å². The second kappa shape index (κ2) is 5.83. The van der Waals surface area contributed by atoms with E-state index in [1.807, 2.05) is 19.1 Å². The van der Waals surface area contributed by atoms with Crippen LogP contribution < -0.4 is 0 Å². The van der Waals surface area contributed by atoms with Gasteiger partial charge in [0.25, 0.3) is 0 Å². The van der Waals surface area contributed by atoms with Crippen molar-refractivity contribution >= 4 is 22.7 Å². The number of phenolic OH excluding ortho intramolecular Hbond substituents is 1. The van der Waals surface area contributed by atoms with Gasteiger partial charge in [-0.25, -0.2) is 9.59 Å². The number of hydrogen-bond donors (Lipinski definition) is 1. The van der Waals surface area contributed by atoms with E-state index in [1.54, 1.807) is 13.0 Å². The number of aryl methyl sites for hydroxylation is 1. The zero-order chi connectivity index (χ0) is 15.6. The summed E-state index contributed by atoms with van der Waals surface area (Å²) in [4.78, 5) is 23.9. The predicted octanol–water partition coefficient (Wildman–Crippen LogP) is 2.82. The lowest BCUT2D eigenvalue weighted by Crippen LogP contribution is -2.13. The first kappa shape index (κ1) is 14.8. The van der Waals surface area contributed by atoms with E-state index < -0.39 is 11.9 Å². The lowest BCUT2D eigenvalue weighted by atomic mass is 9.98. The van der Waals surface area contributed by atoms with Crippen molar-refractivity contribution in [3.05, 3.63) is 41.0 Å². The molecule has 0 spiro atoms. The Kier molecular flexibility index (Phi) is 4.12. The molecule has 1 N–H and O–H groups in total. The maximum absolute atomic E-state index is 12.0. The number of aromatic hydroxyl groups is 1. The molecule has 0 saturated heterocycles. The molecule has 2 aromatic carbocycles. The van der Waals surface area contributed by atoms with Gasteiger partial charge in [0, 0.05) is 5.39 Å². The van der Waals surface area contributed by atoms with Gasteiger partial charge in [-0.1, -0.05) is 23.8 Å². The van der Waals surface area contributed by atoms with Gasteiger partial charge in [0.15, 0.2) is 0 Å². The van der Waals surface area contributed by atoms with Crippen LogP contribution in [0.2, 0.25) is 0 Å². The highest BCUT2D eigenvalue weighted by Crippen LogP contribution is 2.33. The zero-order valence-corrected chi connectivity index (χ0v) is 12.1. The van der Waals surface area contributed by atoms with Crippen molar-refractivity contribution in [2.24, 2.45) is 0 Å². The minimum Gasteiger partial charge on any atom is -0.506 e. The smallest absolute Gasteiger partial charge is 0.342 e. The number of methoxy groups -OCH3 is 1. The van der Waals surface area contributed by atoms with E-state index in [0.717, 1.165) is 5.56 Å². The van der Waals surface area contributed by atoms with Crippen molar-refractivity contribution in [3.8, 4) is 5.75 Å². The number of phenols is 1. The van der Waals surface area contributed by atoms with E-state index in [1.165, 1.54) is 13.2 Å². The summed E-state index contributed by atoms with van der Waals surface area (Å²) in [5.74, 6) is -1.72. The fraction of sp³-hybridized carbons (Fsp3) is 0.250. The van der Waals surface area contributed by atoms with Crippen molar-refractivity contribution in [2.75, 3.05) is 13.7 Å². The SMILES string of the molecule is CCOC(=O)c1cc2cc(C)ccc2c(O)c1C(=O)OC. The van der Waals surface area contributed by atoms with E-state index in [0.29, 0.717) is 10.8 Å². The summed E-state index contributed by atoms with van der Waals surface area (Å²) < 4.78 is 9.59. The fourth-order valence-corrected chi connectivity index (χ4v) is 2.19. The van der Waals surface area contributed by atoms with Gasteiger partial charge in [0.05, 0.1) is 19.3 Å². The molecule has 5 nitrogen and oxygen atoms in total. The molecule has 110 valence electrons. The Morgan fingerprint density at radius 1 is 1.19 bits per heavy atom. The molecule has 0 amide bonds. The molecule has 0 aromatic heterocycles. The van der Waals surface area contributed by atoms with Gasteiger partial charge in [-0.2, -0.15) is 0 Å². The Morgan fingerprint density at radius 2 is 1.90 bits per heavy atom. The van der Waals surface area contributed by atoms with Crippen LogP contribution in [0.25, 0.3) is 10.8 Å². The third-order valence-electron chi connectivity index (χ3n) is 3.15. The zero-order valence-electron chi connectivity index (χ0n) is 12.1. The normalized spacial score (nSPS) is 10.4. The number of hydrogen-bond acceptors (Lipinski definition) is 5. The number of carbonyl (C=O) groups excluding carboxylic acids is 2.